The van der Waals surface area contributed by atoms with Crippen molar-refractivity contribution >= 4 is 32.8 Å². The smallest absolute Gasteiger partial charge is 0.284 e. The molecule has 5 aromatic rings. The highest BCUT2D eigenvalue weighted by Gasteiger charge is 2.19. The highest BCUT2D eigenvalue weighted by atomic mass is 32.2. The predicted octanol–water partition coefficient (Wildman–Crippen LogP) is 3.06. The topological polar surface area (TPSA) is 113 Å². The fourth-order valence-electron chi connectivity index (χ4n) is 3.45. The lowest BCUT2D eigenvalue weighted by atomic mass is 10.2. The Morgan fingerprint density at radius 1 is 0.941 bits per heavy atom. The van der Waals surface area contributed by atoms with Crippen molar-refractivity contribution in [2.45, 2.75) is 16.6 Å². The zero-order chi connectivity index (χ0) is 23.7. The second kappa shape index (κ2) is 8.84. The van der Waals surface area contributed by atoms with Gasteiger partial charge < -0.3 is 0 Å². The standard InChI is InChI=1S/C23H18N6O3S2/c1-33-23-24-13-18-9-12-20(30)28(22(18)26-23)14-16-7-10-19(11-8-16)34(31,32)29-15-25-21(27-29)17-5-3-2-4-6-17/h2-13,15H,14H2,1H3. The van der Waals surface area contributed by atoms with Gasteiger partial charge in [-0.1, -0.05) is 54.2 Å². The molecule has 0 saturated carbocycles. The normalized spacial score (nSPS) is 11.7. The first-order valence-corrected chi connectivity index (χ1v) is 12.8. The maximum atomic E-state index is 13.0. The van der Waals surface area contributed by atoms with Crippen LogP contribution in [0.5, 0.6) is 0 Å². The number of fused-ring (bicyclic) bond motifs is 1. The van der Waals surface area contributed by atoms with E-state index in [4.69, 9.17) is 0 Å². The van der Waals surface area contributed by atoms with Crippen molar-refractivity contribution in [3.63, 3.8) is 0 Å². The predicted molar refractivity (Wildman–Crippen MR) is 129 cm³/mol. The number of pyridine rings is 1. The number of aromatic nitrogens is 6. The Hall–Kier alpha value is -3.83. The molecule has 0 bridgehead atoms. The van der Waals surface area contributed by atoms with Crippen molar-refractivity contribution in [1.29, 1.82) is 0 Å². The lowest BCUT2D eigenvalue weighted by molar-refractivity contribution is 0.580. The third-order valence-electron chi connectivity index (χ3n) is 5.20. The van der Waals surface area contributed by atoms with Gasteiger partial charge in [0.15, 0.2) is 11.0 Å². The average molecular weight is 491 g/mol. The minimum Gasteiger partial charge on any atom is -0.288 e. The second-order valence-corrected chi connectivity index (χ2v) is 9.92. The van der Waals surface area contributed by atoms with E-state index in [1.807, 2.05) is 36.6 Å². The van der Waals surface area contributed by atoms with E-state index in [9.17, 15) is 13.2 Å². The fourth-order valence-corrected chi connectivity index (χ4v) is 4.84. The van der Waals surface area contributed by atoms with Gasteiger partial charge in [-0.25, -0.2) is 15.0 Å². The minimum absolute atomic E-state index is 0.0676. The molecule has 0 saturated heterocycles. The van der Waals surface area contributed by atoms with Crippen LogP contribution >= 0.6 is 11.8 Å². The van der Waals surface area contributed by atoms with Crippen LogP contribution in [0, 0.1) is 0 Å². The summed E-state index contributed by atoms with van der Waals surface area (Å²) in [6, 6.07) is 18.6. The molecule has 3 aromatic heterocycles. The zero-order valence-corrected chi connectivity index (χ0v) is 19.6. The summed E-state index contributed by atoms with van der Waals surface area (Å²) in [5, 5.41) is 5.45. The summed E-state index contributed by atoms with van der Waals surface area (Å²) in [7, 11) is -3.92. The molecule has 3 heterocycles. The van der Waals surface area contributed by atoms with Crippen LogP contribution < -0.4 is 5.56 Å². The van der Waals surface area contributed by atoms with Crippen LogP contribution in [0.25, 0.3) is 22.4 Å². The molecule has 0 aliphatic carbocycles. The summed E-state index contributed by atoms with van der Waals surface area (Å²) < 4.78 is 28.5. The zero-order valence-electron chi connectivity index (χ0n) is 17.9. The first-order valence-electron chi connectivity index (χ1n) is 10.2. The molecule has 0 unspecified atom stereocenters. The molecule has 5 rings (SSSR count). The maximum Gasteiger partial charge on any atom is 0.284 e. The lowest BCUT2D eigenvalue weighted by Gasteiger charge is -2.10. The van der Waals surface area contributed by atoms with E-state index in [2.05, 4.69) is 20.1 Å². The van der Waals surface area contributed by atoms with Crippen molar-refractivity contribution in [3.8, 4) is 11.4 Å². The van der Waals surface area contributed by atoms with Gasteiger partial charge in [0.1, 0.15) is 12.0 Å². The third kappa shape index (κ3) is 4.11. The minimum atomic E-state index is -3.92. The SMILES string of the molecule is CSc1ncc2ccc(=O)n(Cc3ccc(S(=O)(=O)n4cnc(-c5ccccc5)n4)cc3)c2n1. The van der Waals surface area contributed by atoms with E-state index in [1.54, 1.807) is 29.0 Å². The van der Waals surface area contributed by atoms with E-state index in [1.165, 1.54) is 36.3 Å². The van der Waals surface area contributed by atoms with Gasteiger partial charge >= 0.3 is 0 Å². The monoisotopic (exact) mass is 490 g/mol. The van der Waals surface area contributed by atoms with Crippen LogP contribution in [0.1, 0.15) is 5.56 Å². The van der Waals surface area contributed by atoms with Gasteiger partial charge in [0.05, 0.1) is 11.4 Å². The molecule has 0 aliphatic rings. The highest BCUT2D eigenvalue weighted by Crippen LogP contribution is 2.19. The van der Waals surface area contributed by atoms with Gasteiger partial charge in [-0.05, 0) is 30.0 Å². The molecule has 2 aromatic carbocycles. The summed E-state index contributed by atoms with van der Waals surface area (Å²) in [5.41, 5.74) is 1.80. The number of hydrogen-bond donors (Lipinski definition) is 0. The van der Waals surface area contributed by atoms with Crippen LogP contribution in [0.15, 0.2) is 94.1 Å². The highest BCUT2D eigenvalue weighted by molar-refractivity contribution is 7.98. The van der Waals surface area contributed by atoms with Crippen molar-refractivity contribution in [3.05, 3.63) is 95.2 Å². The van der Waals surface area contributed by atoms with Gasteiger partial charge in [-0.15, -0.1) is 9.19 Å². The molecule has 34 heavy (non-hydrogen) atoms. The number of hydrogen-bond acceptors (Lipinski definition) is 8. The van der Waals surface area contributed by atoms with Gasteiger partial charge in [-0.3, -0.25) is 9.36 Å². The molecule has 0 N–H and O–H groups in total. The van der Waals surface area contributed by atoms with Crippen molar-refractivity contribution in [2.24, 2.45) is 0 Å². The van der Waals surface area contributed by atoms with Crippen LogP contribution in [0.3, 0.4) is 0 Å². The summed E-state index contributed by atoms with van der Waals surface area (Å²) in [6.45, 7) is 0.239. The molecule has 9 nitrogen and oxygen atoms in total. The Morgan fingerprint density at radius 2 is 1.71 bits per heavy atom. The molecule has 170 valence electrons. The number of benzene rings is 2. The van der Waals surface area contributed by atoms with E-state index in [0.717, 1.165) is 20.6 Å². The second-order valence-electron chi connectivity index (χ2n) is 7.35. The quantitative estimate of drug-likeness (QED) is 0.264. The lowest BCUT2D eigenvalue weighted by Crippen LogP contribution is -2.21. The first-order chi connectivity index (χ1) is 16.5. The van der Waals surface area contributed by atoms with Crippen molar-refractivity contribution < 1.29 is 8.42 Å². The number of rotatable bonds is 6. The van der Waals surface area contributed by atoms with E-state index < -0.39 is 10.0 Å². The van der Waals surface area contributed by atoms with Crippen LogP contribution in [-0.2, 0) is 16.6 Å². The maximum absolute atomic E-state index is 13.0. The first kappa shape index (κ1) is 22.0. The van der Waals surface area contributed by atoms with Crippen LogP contribution in [0.4, 0.5) is 0 Å². The molecule has 0 atom stereocenters. The average Bonchev–Trinajstić information content (AvgIpc) is 3.38. The molecule has 0 amide bonds. The Balaban J connectivity index is 1.44. The Labute approximate surface area is 199 Å². The molecular formula is C23H18N6O3S2. The van der Waals surface area contributed by atoms with E-state index in [-0.39, 0.29) is 17.0 Å². The summed E-state index contributed by atoms with van der Waals surface area (Å²) in [5.74, 6) is 0.322. The largest absolute Gasteiger partial charge is 0.288 e. The van der Waals surface area contributed by atoms with Crippen LogP contribution in [-0.4, -0.2) is 43.4 Å². The number of thioether (sulfide) groups is 1. The van der Waals surface area contributed by atoms with Crippen LogP contribution in [0.2, 0.25) is 0 Å². The molecule has 0 aliphatic heterocycles. The molecule has 0 radical (unpaired) electrons. The fraction of sp³-hybridized carbons (Fsp3) is 0.0870. The van der Waals surface area contributed by atoms with E-state index >= 15 is 0 Å². The molecule has 0 spiro atoms. The summed E-state index contributed by atoms with van der Waals surface area (Å²) >= 11 is 1.39. The molecular weight excluding hydrogens is 472 g/mol. The third-order valence-corrected chi connectivity index (χ3v) is 7.29. The summed E-state index contributed by atoms with van der Waals surface area (Å²) in [4.78, 5) is 25.5. The van der Waals surface area contributed by atoms with Gasteiger partial charge in [0.2, 0.25) is 0 Å². The molecule has 0 fully saturated rings. The van der Waals surface area contributed by atoms with Crippen molar-refractivity contribution in [1.82, 2.24) is 28.7 Å². The van der Waals surface area contributed by atoms with E-state index in [0.29, 0.717) is 16.6 Å². The van der Waals surface area contributed by atoms with Gasteiger partial charge in [-0.2, -0.15) is 8.42 Å². The van der Waals surface area contributed by atoms with Gasteiger partial charge in [0.25, 0.3) is 15.6 Å². The Bertz CT molecular complexity index is 1650. The molecule has 11 heteroatoms. The van der Waals surface area contributed by atoms with Crippen molar-refractivity contribution in [2.75, 3.05) is 6.26 Å². The summed E-state index contributed by atoms with van der Waals surface area (Å²) in [6.07, 6.45) is 4.73. The Morgan fingerprint density at radius 3 is 2.44 bits per heavy atom. The number of nitrogens with zero attached hydrogens (tertiary/aromatic N) is 6. The Kier molecular flexibility index (Phi) is 5.72. The van der Waals surface area contributed by atoms with Gasteiger partial charge in [0, 0.05) is 23.2 Å².